The minimum atomic E-state index is -0.361. The van der Waals surface area contributed by atoms with Crippen LogP contribution in [0, 0.1) is 24.1 Å². The molecule has 1 aliphatic heterocycles. The molecule has 0 atom stereocenters. The van der Waals surface area contributed by atoms with Gasteiger partial charge in [0.1, 0.15) is 11.9 Å². The molecule has 2 aromatic rings. The first-order valence-corrected chi connectivity index (χ1v) is 9.58. The number of pyridine rings is 1. The Morgan fingerprint density at radius 1 is 1.18 bits per heavy atom. The van der Waals surface area contributed by atoms with Crippen LogP contribution in [0.15, 0.2) is 18.3 Å². The van der Waals surface area contributed by atoms with Crippen LogP contribution < -0.4 is 5.32 Å². The molecule has 0 spiro atoms. The number of likely N-dealkylation sites (tertiary alicyclic amines) is 1. The number of nitrogens with zero attached hydrogens (tertiary/aromatic N) is 3. The van der Waals surface area contributed by atoms with E-state index in [0.29, 0.717) is 35.0 Å². The number of nitrogens with one attached hydrogen (secondary N) is 1. The van der Waals surface area contributed by atoms with Crippen LogP contribution >= 0.6 is 0 Å². The van der Waals surface area contributed by atoms with Crippen molar-refractivity contribution in [2.45, 2.75) is 57.5 Å². The summed E-state index contributed by atoms with van der Waals surface area (Å²) in [5, 5.41) is 13.5. The smallest absolute Gasteiger partial charge is 0.229 e. The number of hydrogen-bond acceptors (Lipinski definition) is 5. The maximum Gasteiger partial charge on any atom is 0.229 e. The fraction of sp³-hybridized carbons (Fsp3) is 0.429. The van der Waals surface area contributed by atoms with E-state index in [1.54, 1.807) is 6.92 Å². The summed E-state index contributed by atoms with van der Waals surface area (Å²) >= 11 is 0. The molecule has 1 aromatic heterocycles. The Hall–Kier alpha value is -3.01. The van der Waals surface area contributed by atoms with Gasteiger partial charge >= 0.3 is 0 Å². The largest absolute Gasteiger partial charge is 0.381 e. The lowest BCUT2D eigenvalue weighted by Crippen LogP contribution is -2.43. The van der Waals surface area contributed by atoms with E-state index < -0.39 is 0 Å². The zero-order valence-corrected chi connectivity index (χ0v) is 15.7. The van der Waals surface area contributed by atoms with Crippen LogP contribution in [0.25, 0.3) is 10.9 Å². The molecule has 2 aliphatic rings. The fourth-order valence-electron chi connectivity index (χ4n) is 4.36. The minimum absolute atomic E-state index is 0.0372. The molecular weight excluding hydrogens is 359 g/mol. The first-order chi connectivity index (χ1) is 13.5. The summed E-state index contributed by atoms with van der Waals surface area (Å²) in [7, 11) is 0. The number of carbonyl (C=O) groups is 2. The molecule has 144 valence electrons. The van der Waals surface area contributed by atoms with Crippen molar-refractivity contribution in [3.8, 4) is 6.07 Å². The van der Waals surface area contributed by atoms with E-state index in [1.165, 1.54) is 23.2 Å². The van der Waals surface area contributed by atoms with E-state index in [1.807, 2.05) is 0 Å². The Bertz CT molecular complexity index is 990. The maximum absolute atomic E-state index is 14.0. The van der Waals surface area contributed by atoms with E-state index in [4.69, 9.17) is 0 Å². The van der Waals surface area contributed by atoms with E-state index in [0.717, 1.165) is 31.2 Å². The van der Waals surface area contributed by atoms with Crippen molar-refractivity contribution < 1.29 is 14.0 Å². The van der Waals surface area contributed by atoms with Gasteiger partial charge < -0.3 is 5.32 Å². The van der Waals surface area contributed by atoms with E-state index >= 15 is 0 Å². The van der Waals surface area contributed by atoms with Gasteiger partial charge in [0.2, 0.25) is 11.8 Å². The van der Waals surface area contributed by atoms with Crippen LogP contribution in [-0.2, 0) is 9.59 Å². The third-order valence-electron chi connectivity index (χ3n) is 5.75. The SMILES string of the molecule is Cc1cc(F)cc2c(NC3CCC(N4C(=O)CCC4=O)CC3)c(C#N)cnc12. The van der Waals surface area contributed by atoms with Gasteiger partial charge in [0.05, 0.1) is 16.8 Å². The Morgan fingerprint density at radius 3 is 2.50 bits per heavy atom. The van der Waals surface area contributed by atoms with Crippen molar-refractivity contribution in [2.75, 3.05) is 5.32 Å². The first-order valence-electron chi connectivity index (χ1n) is 9.58. The number of anilines is 1. The molecule has 1 saturated heterocycles. The Labute approximate surface area is 162 Å². The number of imide groups is 1. The molecule has 0 unspecified atom stereocenters. The summed E-state index contributed by atoms with van der Waals surface area (Å²) < 4.78 is 14.0. The molecule has 4 rings (SSSR count). The topological polar surface area (TPSA) is 86.1 Å². The molecule has 28 heavy (non-hydrogen) atoms. The molecule has 0 radical (unpaired) electrons. The van der Waals surface area contributed by atoms with E-state index in [9.17, 15) is 19.2 Å². The lowest BCUT2D eigenvalue weighted by atomic mass is 9.89. The summed E-state index contributed by atoms with van der Waals surface area (Å²) in [5.74, 6) is -0.502. The first kappa shape index (κ1) is 18.4. The summed E-state index contributed by atoms with van der Waals surface area (Å²) in [6.45, 7) is 1.80. The minimum Gasteiger partial charge on any atom is -0.381 e. The average Bonchev–Trinajstić information content (AvgIpc) is 3.01. The highest BCUT2D eigenvalue weighted by Gasteiger charge is 2.37. The number of aryl methyl sites for hydroxylation is 1. The lowest BCUT2D eigenvalue weighted by Gasteiger charge is -2.34. The van der Waals surface area contributed by atoms with Gasteiger partial charge in [0.25, 0.3) is 0 Å². The second-order valence-electron chi connectivity index (χ2n) is 7.58. The monoisotopic (exact) mass is 380 g/mol. The second kappa shape index (κ2) is 7.19. The highest BCUT2D eigenvalue weighted by Crippen LogP contribution is 2.33. The zero-order chi connectivity index (χ0) is 19.8. The van der Waals surface area contributed by atoms with Crippen LogP contribution in [0.3, 0.4) is 0 Å². The van der Waals surface area contributed by atoms with Gasteiger partial charge in [0, 0.05) is 36.5 Å². The van der Waals surface area contributed by atoms with Gasteiger partial charge in [-0.15, -0.1) is 0 Å². The number of fused-ring (bicyclic) bond motifs is 1. The highest BCUT2D eigenvalue weighted by atomic mass is 19.1. The predicted molar refractivity (Wildman–Crippen MR) is 102 cm³/mol. The number of nitriles is 1. The van der Waals surface area contributed by atoms with Crippen molar-refractivity contribution in [2.24, 2.45) is 0 Å². The van der Waals surface area contributed by atoms with Gasteiger partial charge in [-0.05, 0) is 50.3 Å². The third-order valence-corrected chi connectivity index (χ3v) is 5.75. The number of aromatic nitrogens is 1. The molecule has 0 bridgehead atoms. The molecule has 1 aromatic carbocycles. The lowest BCUT2D eigenvalue weighted by molar-refractivity contribution is -0.141. The van der Waals surface area contributed by atoms with Gasteiger partial charge in [-0.25, -0.2) is 4.39 Å². The van der Waals surface area contributed by atoms with Crippen molar-refractivity contribution in [3.05, 3.63) is 35.3 Å². The third kappa shape index (κ3) is 3.19. The van der Waals surface area contributed by atoms with E-state index in [-0.39, 0.29) is 29.7 Å². The summed E-state index contributed by atoms with van der Waals surface area (Å²) in [4.78, 5) is 29.7. The van der Waals surface area contributed by atoms with E-state index in [2.05, 4.69) is 16.4 Å². The normalized spacial score (nSPS) is 22.5. The molecule has 2 fully saturated rings. The van der Waals surface area contributed by atoms with Crippen molar-refractivity contribution in [1.82, 2.24) is 9.88 Å². The van der Waals surface area contributed by atoms with Crippen LogP contribution in [0.1, 0.15) is 49.7 Å². The van der Waals surface area contributed by atoms with Gasteiger partial charge in [-0.3, -0.25) is 19.5 Å². The zero-order valence-electron chi connectivity index (χ0n) is 15.7. The number of benzene rings is 1. The molecule has 1 aliphatic carbocycles. The molecule has 1 N–H and O–H groups in total. The molecule has 2 amide bonds. The van der Waals surface area contributed by atoms with Crippen LogP contribution in [-0.4, -0.2) is 33.8 Å². The van der Waals surface area contributed by atoms with Crippen molar-refractivity contribution in [3.63, 3.8) is 0 Å². The fourth-order valence-corrected chi connectivity index (χ4v) is 4.36. The summed E-state index contributed by atoms with van der Waals surface area (Å²) in [6, 6.07) is 5.03. The number of amides is 2. The quantitative estimate of drug-likeness (QED) is 0.825. The Balaban J connectivity index is 1.56. The van der Waals surface area contributed by atoms with Crippen LogP contribution in [0.5, 0.6) is 0 Å². The maximum atomic E-state index is 14.0. The number of hydrogen-bond donors (Lipinski definition) is 1. The number of halogens is 1. The molecule has 7 heteroatoms. The number of rotatable bonds is 3. The summed E-state index contributed by atoms with van der Waals surface area (Å²) in [5.41, 5.74) is 2.37. The predicted octanol–water partition coefficient (Wildman–Crippen LogP) is 3.43. The molecule has 2 heterocycles. The van der Waals surface area contributed by atoms with Crippen LogP contribution in [0.2, 0.25) is 0 Å². The molecular formula is C21H21FN4O2. The Kier molecular flexibility index (Phi) is 4.71. The van der Waals surface area contributed by atoms with Gasteiger partial charge in [-0.1, -0.05) is 0 Å². The standard InChI is InChI=1S/C21H21FN4O2/c1-12-8-14(22)9-17-20(12)24-11-13(10-23)21(17)25-15-2-4-16(5-3-15)26-18(27)6-7-19(26)28/h8-9,11,15-16H,2-7H2,1H3,(H,24,25). The summed E-state index contributed by atoms with van der Waals surface area (Å²) in [6.07, 6.45) is 5.14. The average molecular weight is 380 g/mol. The molecule has 6 nitrogen and oxygen atoms in total. The Morgan fingerprint density at radius 2 is 1.86 bits per heavy atom. The van der Waals surface area contributed by atoms with Gasteiger partial charge in [0.15, 0.2) is 0 Å². The second-order valence-corrected chi connectivity index (χ2v) is 7.58. The van der Waals surface area contributed by atoms with Gasteiger partial charge in [-0.2, -0.15) is 5.26 Å². The molecule has 1 saturated carbocycles. The van der Waals surface area contributed by atoms with Crippen LogP contribution in [0.4, 0.5) is 10.1 Å². The van der Waals surface area contributed by atoms with Crippen molar-refractivity contribution >= 4 is 28.4 Å². The van der Waals surface area contributed by atoms with Crippen molar-refractivity contribution in [1.29, 1.82) is 5.26 Å². The highest BCUT2D eigenvalue weighted by molar-refractivity contribution is 6.02. The number of carbonyl (C=O) groups excluding carboxylic acids is 2.